The summed E-state index contributed by atoms with van der Waals surface area (Å²) in [7, 11) is 1.77. The van der Waals surface area contributed by atoms with Gasteiger partial charge in [-0.25, -0.2) is 27.8 Å². The van der Waals surface area contributed by atoms with Gasteiger partial charge in [0, 0.05) is 34.8 Å². The summed E-state index contributed by atoms with van der Waals surface area (Å²) in [5, 5.41) is 17.8. The van der Waals surface area contributed by atoms with Crippen LogP contribution in [-0.4, -0.2) is 37.2 Å². The van der Waals surface area contributed by atoms with Gasteiger partial charge in [-0.05, 0) is 38.1 Å². The number of halogens is 4. The molecule has 0 unspecified atom stereocenters. The molecule has 8 nitrogen and oxygen atoms in total. The van der Waals surface area contributed by atoms with Gasteiger partial charge in [0.15, 0.2) is 11.5 Å². The molecule has 2 aromatic heterocycles. The first kappa shape index (κ1) is 26.4. The number of hydrogen-bond donors (Lipinski definition) is 2. The van der Waals surface area contributed by atoms with E-state index in [-0.39, 0.29) is 22.8 Å². The molecule has 0 aliphatic heterocycles. The Bertz CT molecular complexity index is 1480. The Morgan fingerprint density at radius 2 is 2.05 bits per heavy atom. The van der Waals surface area contributed by atoms with Gasteiger partial charge < -0.3 is 15.2 Å². The van der Waals surface area contributed by atoms with Crippen molar-refractivity contribution >= 4 is 28.4 Å². The predicted octanol–water partition coefficient (Wildman–Crippen LogP) is 4.65. The van der Waals surface area contributed by atoms with Crippen LogP contribution in [0.25, 0.3) is 22.3 Å². The smallest absolute Gasteiger partial charge is 0.247 e. The Hall–Kier alpha value is -3.70. The maximum Gasteiger partial charge on any atom is 0.247 e. The summed E-state index contributed by atoms with van der Waals surface area (Å²) in [4.78, 5) is 20.8. The fraction of sp³-hybridized carbons (Fsp3) is 0.280. The fourth-order valence-corrected chi connectivity index (χ4v) is 4.32. The van der Waals surface area contributed by atoms with E-state index >= 15 is 0 Å². The number of aryl methyl sites for hydroxylation is 2. The van der Waals surface area contributed by atoms with Crippen LogP contribution in [0, 0.1) is 12.7 Å². The summed E-state index contributed by atoms with van der Waals surface area (Å²) in [5.74, 6) is -0.898. The number of aromatic nitrogens is 4. The zero-order chi connectivity index (χ0) is 26.9. The van der Waals surface area contributed by atoms with Gasteiger partial charge in [-0.3, -0.25) is 4.79 Å². The van der Waals surface area contributed by atoms with Crippen LogP contribution in [0.4, 0.5) is 13.2 Å². The van der Waals surface area contributed by atoms with E-state index in [4.69, 9.17) is 16.3 Å². The molecule has 0 bridgehead atoms. The van der Waals surface area contributed by atoms with Gasteiger partial charge in [0.25, 0.3) is 0 Å². The zero-order valence-electron chi connectivity index (χ0n) is 20.1. The number of rotatable bonds is 8. The maximum atomic E-state index is 14.2. The largest absolute Gasteiger partial charge is 0.487 e. The third-order valence-corrected chi connectivity index (χ3v) is 6.00. The van der Waals surface area contributed by atoms with E-state index in [2.05, 4.69) is 20.4 Å². The van der Waals surface area contributed by atoms with E-state index in [1.807, 2.05) is 19.1 Å². The predicted molar refractivity (Wildman–Crippen MR) is 131 cm³/mol. The molecule has 0 aliphatic carbocycles. The van der Waals surface area contributed by atoms with E-state index in [9.17, 15) is 23.1 Å². The normalized spacial score (nSPS) is 13.1. The van der Waals surface area contributed by atoms with Crippen LogP contribution >= 0.6 is 11.6 Å². The number of carbonyl (C=O) groups excluding carboxylic acids is 1. The summed E-state index contributed by atoms with van der Waals surface area (Å²) in [6, 6.07) is 9.18. The number of fused-ring (bicyclic) bond motifs is 1. The number of aliphatic hydroxyl groups is 1. The molecule has 0 aliphatic rings. The Labute approximate surface area is 215 Å². The molecular formula is C25H23ClF3N5O3. The molecule has 1 amide bonds. The van der Waals surface area contributed by atoms with Crippen molar-refractivity contribution in [3.05, 3.63) is 70.4 Å². The first-order valence-corrected chi connectivity index (χ1v) is 11.5. The molecule has 0 saturated heterocycles. The van der Waals surface area contributed by atoms with E-state index in [1.165, 1.54) is 6.33 Å². The summed E-state index contributed by atoms with van der Waals surface area (Å²) >= 11 is 6.28. The molecule has 0 fully saturated rings. The topological polar surface area (TPSA) is 102 Å². The van der Waals surface area contributed by atoms with E-state index in [1.54, 1.807) is 23.9 Å². The third kappa shape index (κ3) is 5.67. The highest BCUT2D eigenvalue weighted by Crippen LogP contribution is 2.34. The summed E-state index contributed by atoms with van der Waals surface area (Å²) in [6.45, 7) is 2.72. The lowest BCUT2D eigenvalue weighted by Crippen LogP contribution is -2.44. The molecule has 1 atom stereocenters. The molecular weight excluding hydrogens is 511 g/mol. The second-order valence-electron chi connectivity index (χ2n) is 8.59. The molecule has 37 heavy (non-hydrogen) atoms. The van der Waals surface area contributed by atoms with Crippen LogP contribution in [0.15, 0.2) is 42.7 Å². The lowest BCUT2D eigenvalue weighted by molar-refractivity contribution is -0.131. The van der Waals surface area contributed by atoms with Gasteiger partial charge in [0.2, 0.25) is 12.3 Å². The molecule has 2 heterocycles. The third-order valence-electron chi connectivity index (χ3n) is 5.66. The number of amides is 1. The highest BCUT2D eigenvalue weighted by Gasteiger charge is 2.31. The van der Waals surface area contributed by atoms with E-state index < -0.39 is 30.3 Å². The Morgan fingerprint density at radius 1 is 1.30 bits per heavy atom. The number of alkyl halides is 2. The lowest BCUT2D eigenvalue weighted by Gasteiger charge is -2.28. The maximum absolute atomic E-state index is 14.2. The Kier molecular flexibility index (Phi) is 7.37. The average Bonchev–Trinajstić information content (AvgIpc) is 3.22. The minimum absolute atomic E-state index is 0.0810. The summed E-state index contributed by atoms with van der Waals surface area (Å²) in [6.07, 6.45) is -2.59. The van der Waals surface area contributed by atoms with E-state index in [0.717, 1.165) is 30.0 Å². The average molecular weight is 534 g/mol. The highest BCUT2D eigenvalue weighted by atomic mass is 35.5. The van der Waals surface area contributed by atoms with Gasteiger partial charge >= 0.3 is 0 Å². The first-order valence-electron chi connectivity index (χ1n) is 11.1. The molecule has 2 aromatic carbocycles. The van der Waals surface area contributed by atoms with Crippen LogP contribution in [0.5, 0.6) is 5.75 Å². The molecule has 194 valence electrons. The summed E-state index contributed by atoms with van der Waals surface area (Å²) < 4.78 is 47.1. The first-order chi connectivity index (χ1) is 17.5. The van der Waals surface area contributed by atoms with Gasteiger partial charge in [-0.1, -0.05) is 23.7 Å². The van der Waals surface area contributed by atoms with Crippen molar-refractivity contribution in [3.8, 4) is 17.1 Å². The van der Waals surface area contributed by atoms with Crippen LogP contribution in [0.2, 0.25) is 5.02 Å². The molecule has 4 aromatic rings. The van der Waals surface area contributed by atoms with Crippen LogP contribution < -0.4 is 10.1 Å². The molecule has 0 saturated carbocycles. The van der Waals surface area contributed by atoms with Crippen LogP contribution in [-0.2, 0) is 24.2 Å². The van der Waals surface area contributed by atoms with Gasteiger partial charge in [-0.2, -0.15) is 5.10 Å². The van der Waals surface area contributed by atoms with Gasteiger partial charge in [-0.15, -0.1) is 0 Å². The summed E-state index contributed by atoms with van der Waals surface area (Å²) in [5.41, 5.74) is -0.169. The van der Waals surface area contributed by atoms with Gasteiger partial charge in [0.05, 0.1) is 11.4 Å². The van der Waals surface area contributed by atoms with Crippen molar-refractivity contribution in [2.45, 2.75) is 39.0 Å². The molecule has 4 rings (SSSR count). The Balaban J connectivity index is 1.71. The SMILES string of the molecule is Cc1cc(-c2ncnn2C)c2cccc(OCc3c(Cl)cc(F)cc3[C@@](C)(O)NC(=O)CC(F)F)c2n1. The van der Waals surface area contributed by atoms with Crippen molar-refractivity contribution in [2.24, 2.45) is 7.05 Å². The highest BCUT2D eigenvalue weighted by molar-refractivity contribution is 6.31. The van der Waals surface area contributed by atoms with Crippen molar-refractivity contribution in [1.29, 1.82) is 0 Å². The quantitative estimate of drug-likeness (QED) is 0.320. The number of ether oxygens (including phenoxy) is 1. The number of nitrogens with one attached hydrogen (secondary N) is 1. The second-order valence-corrected chi connectivity index (χ2v) is 9.00. The van der Waals surface area contributed by atoms with Crippen LogP contribution in [0.1, 0.15) is 30.2 Å². The number of para-hydroxylation sites is 1. The monoisotopic (exact) mass is 533 g/mol. The minimum atomic E-state index is -2.91. The van der Waals surface area contributed by atoms with E-state index in [0.29, 0.717) is 22.8 Å². The standard InChI is InChI=1S/C25H23ClF3N5O3/c1-13-7-16(24-30-12-31-34(24)3)15-5-4-6-20(23(15)32-13)37-11-17-18(8-14(27)9-19(17)26)25(2,36)33-22(35)10-21(28)29/h4-9,12,21,36H,10-11H2,1-3H3,(H,33,35)/t25-/m1/s1. The lowest BCUT2D eigenvalue weighted by atomic mass is 9.98. The molecule has 12 heteroatoms. The van der Waals surface area contributed by atoms with Gasteiger partial charge in [0.1, 0.15) is 30.0 Å². The number of pyridine rings is 1. The Morgan fingerprint density at radius 3 is 2.73 bits per heavy atom. The molecule has 0 radical (unpaired) electrons. The fourth-order valence-electron chi connectivity index (χ4n) is 4.06. The van der Waals surface area contributed by atoms with Crippen molar-refractivity contribution in [2.75, 3.05) is 0 Å². The molecule has 2 N–H and O–H groups in total. The van der Waals surface area contributed by atoms with Crippen molar-refractivity contribution in [1.82, 2.24) is 25.1 Å². The van der Waals surface area contributed by atoms with Crippen molar-refractivity contribution in [3.63, 3.8) is 0 Å². The number of hydrogen-bond acceptors (Lipinski definition) is 6. The number of nitrogens with zero attached hydrogens (tertiary/aromatic N) is 4. The zero-order valence-corrected chi connectivity index (χ0v) is 20.9. The molecule has 0 spiro atoms. The number of benzene rings is 2. The van der Waals surface area contributed by atoms with Crippen LogP contribution in [0.3, 0.4) is 0 Å². The number of carbonyl (C=O) groups is 1. The van der Waals surface area contributed by atoms with Crippen molar-refractivity contribution < 1.29 is 27.8 Å². The minimum Gasteiger partial charge on any atom is -0.487 e. The second kappa shape index (κ2) is 10.3.